The van der Waals surface area contributed by atoms with Gasteiger partial charge >= 0.3 is 0 Å². The minimum atomic E-state index is -0.703. The van der Waals surface area contributed by atoms with Crippen molar-refractivity contribution in [3.05, 3.63) is 382 Å². The Hall–Kier alpha value is -9.62. The van der Waals surface area contributed by atoms with E-state index in [9.17, 15) is 0 Å². The van der Waals surface area contributed by atoms with Gasteiger partial charge in [0, 0.05) is 0 Å². The van der Waals surface area contributed by atoms with Crippen molar-refractivity contribution in [1.82, 2.24) is 0 Å². The van der Waals surface area contributed by atoms with Crippen molar-refractivity contribution in [3.8, 4) is 33.4 Å². The maximum atomic E-state index is 2.42. The molecule has 0 nitrogen and oxygen atoms in total. The molecule has 0 aromatic heterocycles. The van der Waals surface area contributed by atoms with Crippen molar-refractivity contribution in [1.29, 1.82) is 0 Å². The average Bonchev–Trinajstić information content (AvgIpc) is 3.85. The first-order chi connectivity index (χ1) is 38.2. The zero-order valence-electron chi connectivity index (χ0n) is 42.5. The van der Waals surface area contributed by atoms with Crippen LogP contribution in [0.5, 0.6) is 0 Å². The Morgan fingerprint density at radius 2 is 0.494 bits per heavy atom. The second kappa shape index (κ2) is 17.8. The van der Waals surface area contributed by atoms with Gasteiger partial charge in [0.25, 0.3) is 0 Å². The topological polar surface area (TPSA) is 0 Å². The van der Waals surface area contributed by atoms with Crippen LogP contribution in [0.2, 0.25) is 0 Å². The fourth-order valence-electron chi connectivity index (χ4n) is 14.2. The number of fused-ring (bicyclic) bond motifs is 7. The Morgan fingerprint density at radius 1 is 0.169 bits per heavy atom. The van der Waals surface area contributed by atoms with Gasteiger partial charge in [0.2, 0.25) is 0 Å². The standard InChI is InChI=1S/C77H52/c1-3-24-60(25-4-1)75(69-31-13-11-29-66(69)67-30-12-14-32-70(67)75)62-46-40-54(41-47-62)55-42-48-63(49-43-55)76(64-50-44-56(45-51-64)59-39-38-53-20-7-8-22-58(53)52-59)71-33-15-17-35-73(71)77(61-26-5-2-6-27-61,74-36-18-16-34-72(74)76)68-37-19-23-57-21-9-10-28-65(57)68/h1-52H. The molecule has 0 saturated carbocycles. The first kappa shape index (κ1) is 44.8. The van der Waals surface area contributed by atoms with Gasteiger partial charge in [0.05, 0.1) is 16.2 Å². The summed E-state index contributed by atoms with van der Waals surface area (Å²) in [5.41, 5.74) is 20.8. The van der Waals surface area contributed by atoms with E-state index in [0.29, 0.717) is 0 Å². The lowest BCUT2D eigenvalue weighted by Gasteiger charge is -2.51. The van der Waals surface area contributed by atoms with E-state index < -0.39 is 16.2 Å². The molecule has 0 aliphatic heterocycles. The van der Waals surface area contributed by atoms with Crippen LogP contribution < -0.4 is 0 Å². The summed E-state index contributed by atoms with van der Waals surface area (Å²) in [5.74, 6) is 0. The highest BCUT2D eigenvalue weighted by atomic mass is 14.5. The van der Waals surface area contributed by atoms with Crippen molar-refractivity contribution < 1.29 is 0 Å². The lowest BCUT2D eigenvalue weighted by atomic mass is 9.50. The number of hydrogen-bond donors (Lipinski definition) is 0. The van der Waals surface area contributed by atoms with Gasteiger partial charge in [0.1, 0.15) is 0 Å². The summed E-state index contributed by atoms with van der Waals surface area (Å²) < 4.78 is 0. The lowest BCUT2D eigenvalue weighted by molar-refractivity contribution is 0.618. The predicted molar refractivity (Wildman–Crippen MR) is 320 cm³/mol. The van der Waals surface area contributed by atoms with Gasteiger partial charge < -0.3 is 0 Å². The van der Waals surface area contributed by atoms with E-state index in [1.165, 1.54) is 122 Å². The second-order valence-electron chi connectivity index (χ2n) is 21.0. The summed E-state index contributed by atoms with van der Waals surface area (Å²) in [5, 5.41) is 4.97. The van der Waals surface area contributed by atoms with Crippen LogP contribution in [0.1, 0.15) is 66.8 Å². The second-order valence-corrected chi connectivity index (χ2v) is 21.0. The van der Waals surface area contributed by atoms with Crippen LogP contribution >= 0.6 is 0 Å². The van der Waals surface area contributed by atoms with Crippen LogP contribution in [0.3, 0.4) is 0 Å². The molecule has 2 aliphatic rings. The Labute approximate surface area is 450 Å². The molecular weight excluding hydrogens is 925 g/mol. The third-order valence-electron chi connectivity index (χ3n) is 17.4. The molecule has 13 aromatic carbocycles. The van der Waals surface area contributed by atoms with Crippen LogP contribution in [-0.2, 0) is 16.2 Å². The largest absolute Gasteiger partial charge is 0.0714 e. The monoisotopic (exact) mass is 976 g/mol. The van der Waals surface area contributed by atoms with Gasteiger partial charge in [-0.25, -0.2) is 0 Å². The highest BCUT2D eigenvalue weighted by molar-refractivity contribution is 5.92. The SMILES string of the molecule is c1ccc(C2(c3ccc(-c4ccc(C5(c6ccc(-c7ccc8ccccc8c7)cc6)c6ccccc6C(c6ccccc6)(c6cccc7ccccc67)c6ccccc65)cc4)cc3)c3ccccc3-c3ccccc32)cc1. The van der Waals surface area contributed by atoms with E-state index in [0.717, 1.165) is 0 Å². The van der Waals surface area contributed by atoms with E-state index in [1.807, 2.05) is 0 Å². The highest BCUT2D eigenvalue weighted by Crippen LogP contribution is 2.61. The molecule has 15 rings (SSSR count). The summed E-state index contributed by atoms with van der Waals surface area (Å²) in [4.78, 5) is 0. The molecule has 0 saturated heterocycles. The quantitative estimate of drug-likeness (QED) is 0.142. The van der Waals surface area contributed by atoms with Crippen LogP contribution in [-0.4, -0.2) is 0 Å². The Kier molecular flexibility index (Phi) is 10.3. The molecule has 0 spiro atoms. The van der Waals surface area contributed by atoms with Gasteiger partial charge in [-0.3, -0.25) is 0 Å². The van der Waals surface area contributed by atoms with Gasteiger partial charge in [-0.05, 0) is 128 Å². The summed E-state index contributed by atoms with van der Waals surface area (Å²) in [6.07, 6.45) is 0. The smallest absolute Gasteiger partial charge is 0.0622 e. The first-order valence-corrected chi connectivity index (χ1v) is 27.0. The lowest BCUT2D eigenvalue weighted by Crippen LogP contribution is -2.45. The molecule has 0 N–H and O–H groups in total. The van der Waals surface area contributed by atoms with E-state index >= 15 is 0 Å². The number of benzene rings is 13. The third-order valence-corrected chi connectivity index (χ3v) is 17.4. The van der Waals surface area contributed by atoms with Gasteiger partial charge in [-0.1, -0.05) is 309 Å². The molecule has 0 atom stereocenters. The molecule has 0 bridgehead atoms. The first-order valence-electron chi connectivity index (χ1n) is 27.0. The normalized spacial score (nSPS) is 16.8. The molecule has 360 valence electrons. The maximum Gasteiger partial charge on any atom is 0.0714 e. The van der Waals surface area contributed by atoms with Crippen LogP contribution in [0.15, 0.2) is 315 Å². The summed E-state index contributed by atoms with van der Waals surface area (Å²) in [6, 6.07) is 119. The minimum absolute atomic E-state index is 0.449. The summed E-state index contributed by atoms with van der Waals surface area (Å²) in [6.45, 7) is 0. The zero-order chi connectivity index (χ0) is 51.0. The van der Waals surface area contributed by atoms with Gasteiger partial charge in [-0.2, -0.15) is 0 Å². The zero-order valence-corrected chi connectivity index (χ0v) is 42.5. The molecule has 2 aliphatic carbocycles. The van der Waals surface area contributed by atoms with Crippen LogP contribution in [0.25, 0.3) is 54.9 Å². The fraction of sp³-hybridized carbons (Fsp3) is 0.0390. The van der Waals surface area contributed by atoms with Crippen molar-refractivity contribution in [2.24, 2.45) is 0 Å². The van der Waals surface area contributed by atoms with Crippen LogP contribution in [0.4, 0.5) is 0 Å². The van der Waals surface area contributed by atoms with Crippen molar-refractivity contribution in [3.63, 3.8) is 0 Å². The highest BCUT2D eigenvalue weighted by Gasteiger charge is 2.54. The van der Waals surface area contributed by atoms with Gasteiger partial charge in [-0.15, -0.1) is 0 Å². The average molecular weight is 977 g/mol. The maximum absolute atomic E-state index is 2.42. The van der Waals surface area contributed by atoms with E-state index in [1.54, 1.807) is 0 Å². The van der Waals surface area contributed by atoms with E-state index in [2.05, 4.69) is 315 Å². The molecule has 0 amide bonds. The molecule has 0 heteroatoms. The Morgan fingerprint density at radius 3 is 1.01 bits per heavy atom. The molecule has 13 aromatic rings. The number of hydrogen-bond acceptors (Lipinski definition) is 0. The van der Waals surface area contributed by atoms with E-state index in [4.69, 9.17) is 0 Å². The van der Waals surface area contributed by atoms with Crippen molar-refractivity contribution >= 4 is 21.5 Å². The predicted octanol–water partition coefficient (Wildman–Crippen LogP) is 18.8. The van der Waals surface area contributed by atoms with Gasteiger partial charge in [0.15, 0.2) is 0 Å². The Balaban J connectivity index is 0.935. The molecule has 0 unspecified atom stereocenters. The van der Waals surface area contributed by atoms with Crippen LogP contribution in [0, 0.1) is 0 Å². The Bertz CT molecular complexity index is 4260. The van der Waals surface area contributed by atoms with Crippen molar-refractivity contribution in [2.75, 3.05) is 0 Å². The molecule has 0 heterocycles. The fourth-order valence-corrected chi connectivity index (χ4v) is 14.2. The summed E-state index contributed by atoms with van der Waals surface area (Å²) >= 11 is 0. The molecule has 77 heavy (non-hydrogen) atoms. The molecular formula is C77H52. The summed E-state index contributed by atoms with van der Waals surface area (Å²) in [7, 11) is 0. The third kappa shape index (κ3) is 6.52. The minimum Gasteiger partial charge on any atom is -0.0622 e. The van der Waals surface area contributed by atoms with E-state index in [-0.39, 0.29) is 0 Å². The number of rotatable bonds is 8. The van der Waals surface area contributed by atoms with Crippen molar-refractivity contribution in [2.45, 2.75) is 16.2 Å². The molecule has 0 fully saturated rings. The molecule has 0 radical (unpaired) electrons.